The summed E-state index contributed by atoms with van der Waals surface area (Å²) in [4.78, 5) is 13.5. The van der Waals surface area contributed by atoms with E-state index in [0.717, 1.165) is 59.5 Å². The lowest BCUT2D eigenvalue weighted by Gasteiger charge is -2.36. The van der Waals surface area contributed by atoms with Crippen molar-refractivity contribution in [3.8, 4) is 16.9 Å². The van der Waals surface area contributed by atoms with Crippen molar-refractivity contribution in [1.82, 2.24) is 15.2 Å². The minimum atomic E-state index is 0.0649. The van der Waals surface area contributed by atoms with Crippen LogP contribution in [0.2, 0.25) is 0 Å². The van der Waals surface area contributed by atoms with Crippen LogP contribution in [0, 0.1) is 0 Å². The number of methoxy groups -OCH3 is 1. The van der Waals surface area contributed by atoms with Gasteiger partial charge in [0.15, 0.2) is 0 Å². The Balaban J connectivity index is 1.56. The molecule has 1 atom stereocenters. The van der Waals surface area contributed by atoms with Crippen LogP contribution in [-0.2, 0) is 0 Å². The molecular formula is C22H22N4O2. The summed E-state index contributed by atoms with van der Waals surface area (Å²) in [5, 5.41) is 10.9. The number of rotatable bonds is 3. The molecule has 0 saturated carbocycles. The Labute approximate surface area is 163 Å². The highest BCUT2D eigenvalue weighted by Gasteiger charge is 2.41. The Hall–Kier alpha value is -3.28. The number of fused-ring (bicyclic) bond motifs is 3. The number of benzene rings is 2. The Morgan fingerprint density at radius 3 is 2.89 bits per heavy atom. The van der Waals surface area contributed by atoms with Gasteiger partial charge in [-0.05, 0) is 48.6 Å². The maximum absolute atomic E-state index is 13.5. The summed E-state index contributed by atoms with van der Waals surface area (Å²) in [6.45, 7) is 0.817. The molecular weight excluding hydrogens is 352 g/mol. The molecule has 1 amide bonds. The Morgan fingerprint density at radius 2 is 2.07 bits per heavy atom. The molecule has 1 N–H and O–H groups in total. The molecule has 3 aromatic rings. The molecule has 2 aliphatic heterocycles. The number of aromatic amines is 1. The molecule has 0 aliphatic carbocycles. The fraction of sp³-hybridized carbons (Fsp3) is 0.273. The van der Waals surface area contributed by atoms with Crippen LogP contribution in [0.5, 0.6) is 5.75 Å². The SMILES string of the molecule is COc1cccc(N2CCCCC3c4ccc(-c5cn[nH]c5)cc4C(=O)N32)c1. The van der Waals surface area contributed by atoms with E-state index in [0.29, 0.717) is 0 Å². The first-order valence-electron chi connectivity index (χ1n) is 9.64. The second-order valence-electron chi connectivity index (χ2n) is 7.27. The molecule has 6 heteroatoms. The van der Waals surface area contributed by atoms with Gasteiger partial charge in [-0.3, -0.25) is 14.9 Å². The van der Waals surface area contributed by atoms with E-state index in [4.69, 9.17) is 4.74 Å². The molecule has 1 unspecified atom stereocenters. The van der Waals surface area contributed by atoms with E-state index in [1.807, 2.05) is 41.5 Å². The molecule has 0 spiro atoms. The first kappa shape index (κ1) is 16.9. The normalized spacial score (nSPS) is 18.6. The smallest absolute Gasteiger partial charge is 0.273 e. The Morgan fingerprint density at radius 1 is 1.14 bits per heavy atom. The number of carbonyl (C=O) groups excluding carboxylic acids is 1. The van der Waals surface area contributed by atoms with Crippen LogP contribution < -0.4 is 9.75 Å². The van der Waals surface area contributed by atoms with Crippen molar-refractivity contribution in [2.75, 3.05) is 18.7 Å². The van der Waals surface area contributed by atoms with Crippen LogP contribution in [-0.4, -0.2) is 34.8 Å². The van der Waals surface area contributed by atoms with Crippen LogP contribution in [0.1, 0.15) is 41.2 Å². The number of amides is 1. The van der Waals surface area contributed by atoms with E-state index in [1.165, 1.54) is 0 Å². The predicted molar refractivity (Wildman–Crippen MR) is 107 cm³/mol. The average Bonchev–Trinajstić information content (AvgIpc) is 3.29. The van der Waals surface area contributed by atoms with Gasteiger partial charge in [0.25, 0.3) is 5.91 Å². The van der Waals surface area contributed by atoms with Gasteiger partial charge in [-0.25, -0.2) is 5.01 Å². The van der Waals surface area contributed by atoms with Crippen molar-refractivity contribution in [1.29, 1.82) is 0 Å². The van der Waals surface area contributed by atoms with Crippen molar-refractivity contribution >= 4 is 11.6 Å². The third-order valence-electron chi connectivity index (χ3n) is 5.69. The predicted octanol–water partition coefficient (Wildman–Crippen LogP) is 4.19. The van der Waals surface area contributed by atoms with Gasteiger partial charge >= 0.3 is 0 Å². The third-order valence-corrected chi connectivity index (χ3v) is 5.69. The number of ether oxygens (including phenoxy) is 1. The summed E-state index contributed by atoms with van der Waals surface area (Å²) in [7, 11) is 1.67. The number of anilines is 1. The van der Waals surface area contributed by atoms with E-state index in [2.05, 4.69) is 27.3 Å². The zero-order valence-corrected chi connectivity index (χ0v) is 15.8. The summed E-state index contributed by atoms with van der Waals surface area (Å²) in [6, 6.07) is 14.2. The van der Waals surface area contributed by atoms with Crippen LogP contribution in [0.15, 0.2) is 54.9 Å². The number of nitrogens with zero attached hydrogens (tertiary/aromatic N) is 3. The fourth-order valence-corrected chi connectivity index (χ4v) is 4.30. The van der Waals surface area contributed by atoms with Crippen LogP contribution >= 0.6 is 0 Å². The number of hydrogen-bond acceptors (Lipinski definition) is 4. The number of hydrazine groups is 1. The first-order valence-corrected chi connectivity index (χ1v) is 9.64. The van der Waals surface area contributed by atoms with Crippen LogP contribution in [0.3, 0.4) is 0 Å². The number of aromatic nitrogens is 2. The lowest BCUT2D eigenvalue weighted by atomic mass is 9.97. The highest BCUT2D eigenvalue weighted by Crippen LogP contribution is 2.43. The number of nitrogens with one attached hydrogen (secondary N) is 1. The molecule has 0 bridgehead atoms. The second kappa shape index (κ2) is 6.71. The van der Waals surface area contributed by atoms with Gasteiger partial charge < -0.3 is 4.74 Å². The summed E-state index contributed by atoms with van der Waals surface area (Å²) in [5.41, 5.74) is 4.89. The van der Waals surface area contributed by atoms with Crippen LogP contribution in [0.4, 0.5) is 5.69 Å². The fourth-order valence-electron chi connectivity index (χ4n) is 4.30. The summed E-state index contributed by atoms with van der Waals surface area (Å²) in [6.07, 6.45) is 6.76. The molecule has 1 aromatic heterocycles. The zero-order chi connectivity index (χ0) is 19.1. The number of hydrogen-bond donors (Lipinski definition) is 1. The van der Waals surface area contributed by atoms with E-state index in [1.54, 1.807) is 13.3 Å². The minimum absolute atomic E-state index is 0.0649. The van der Waals surface area contributed by atoms with Crippen molar-refractivity contribution in [3.05, 3.63) is 66.0 Å². The van der Waals surface area contributed by atoms with Gasteiger partial charge in [-0.1, -0.05) is 18.2 Å². The highest BCUT2D eigenvalue weighted by molar-refractivity contribution is 6.01. The Bertz CT molecular complexity index is 1020. The zero-order valence-electron chi connectivity index (χ0n) is 15.8. The molecule has 2 aliphatic rings. The average molecular weight is 374 g/mol. The summed E-state index contributed by atoms with van der Waals surface area (Å²) in [5.74, 6) is 0.861. The molecule has 1 saturated heterocycles. The molecule has 2 aromatic carbocycles. The molecule has 0 radical (unpaired) electrons. The molecule has 6 nitrogen and oxygen atoms in total. The van der Waals surface area contributed by atoms with Gasteiger partial charge in [-0.15, -0.1) is 0 Å². The van der Waals surface area contributed by atoms with E-state index >= 15 is 0 Å². The first-order chi connectivity index (χ1) is 13.8. The summed E-state index contributed by atoms with van der Waals surface area (Å²) < 4.78 is 5.40. The van der Waals surface area contributed by atoms with E-state index in [9.17, 15) is 4.79 Å². The molecule has 28 heavy (non-hydrogen) atoms. The van der Waals surface area contributed by atoms with Gasteiger partial charge in [0.1, 0.15) is 5.75 Å². The Kier molecular flexibility index (Phi) is 4.04. The third kappa shape index (κ3) is 2.64. The quantitative estimate of drug-likeness (QED) is 0.747. The highest BCUT2D eigenvalue weighted by atomic mass is 16.5. The standard InChI is InChI=1S/C22H22N4O2/c1-28-18-6-4-5-17(12-18)25-10-3-2-7-21-19-9-8-15(16-13-23-24-14-16)11-20(19)22(27)26(21)25/h4-6,8-9,11-14,21H,2-3,7,10H2,1H3,(H,23,24). The van der Waals surface area contributed by atoms with Crippen molar-refractivity contribution in [2.45, 2.75) is 25.3 Å². The lowest BCUT2D eigenvalue weighted by molar-refractivity contribution is 0.0706. The number of carbonyl (C=O) groups is 1. The largest absolute Gasteiger partial charge is 0.497 e. The van der Waals surface area contributed by atoms with Crippen molar-refractivity contribution < 1.29 is 9.53 Å². The van der Waals surface area contributed by atoms with Gasteiger partial charge in [0, 0.05) is 29.9 Å². The minimum Gasteiger partial charge on any atom is -0.497 e. The van der Waals surface area contributed by atoms with Gasteiger partial charge in [0.05, 0.1) is 25.0 Å². The molecule has 142 valence electrons. The van der Waals surface area contributed by atoms with E-state index < -0.39 is 0 Å². The van der Waals surface area contributed by atoms with Crippen molar-refractivity contribution in [2.24, 2.45) is 0 Å². The topological polar surface area (TPSA) is 61.5 Å². The second-order valence-corrected chi connectivity index (χ2v) is 7.27. The maximum Gasteiger partial charge on any atom is 0.273 e. The monoisotopic (exact) mass is 374 g/mol. The van der Waals surface area contributed by atoms with Gasteiger partial charge in [0.2, 0.25) is 0 Å². The van der Waals surface area contributed by atoms with E-state index in [-0.39, 0.29) is 11.9 Å². The van der Waals surface area contributed by atoms with Crippen LogP contribution in [0.25, 0.3) is 11.1 Å². The van der Waals surface area contributed by atoms with Gasteiger partial charge in [-0.2, -0.15) is 5.10 Å². The molecule has 5 rings (SSSR count). The van der Waals surface area contributed by atoms with Crippen molar-refractivity contribution in [3.63, 3.8) is 0 Å². The molecule has 1 fully saturated rings. The summed E-state index contributed by atoms with van der Waals surface area (Å²) >= 11 is 0. The maximum atomic E-state index is 13.5. The lowest BCUT2D eigenvalue weighted by Crippen LogP contribution is -2.44. The number of H-pyrrole nitrogens is 1. The molecule has 3 heterocycles.